The maximum absolute atomic E-state index is 13.1. The van der Waals surface area contributed by atoms with Crippen molar-refractivity contribution in [3.63, 3.8) is 0 Å². The van der Waals surface area contributed by atoms with Gasteiger partial charge in [0.1, 0.15) is 5.54 Å². The van der Waals surface area contributed by atoms with Crippen molar-refractivity contribution in [2.45, 2.75) is 51.7 Å². The van der Waals surface area contributed by atoms with Gasteiger partial charge in [0, 0.05) is 0 Å². The Labute approximate surface area is 153 Å². The first-order valence-corrected chi connectivity index (χ1v) is 8.92. The highest BCUT2D eigenvalue weighted by Crippen LogP contribution is 2.37. The Morgan fingerprint density at radius 1 is 1.27 bits per heavy atom. The molecule has 1 aliphatic carbocycles. The molecule has 0 fully saturated rings. The van der Waals surface area contributed by atoms with Gasteiger partial charge in [-0.15, -0.1) is 0 Å². The molecule has 6 nitrogen and oxygen atoms in total. The molecule has 1 N–H and O–H groups in total. The fourth-order valence-corrected chi connectivity index (χ4v) is 3.36. The van der Waals surface area contributed by atoms with Crippen LogP contribution in [0, 0.1) is 5.92 Å². The summed E-state index contributed by atoms with van der Waals surface area (Å²) in [6, 6.07) is 7.11. The third-order valence-electron chi connectivity index (χ3n) is 4.97. The molecule has 26 heavy (non-hydrogen) atoms. The Bertz CT molecular complexity index is 769. The number of amides is 2. The van der Waals surface area contributed by atoms with Gasteiger partial charge in [0.2, 0.25) is 5.91 Å². The van der Waals surface area contributed by atoms with Crippen molar-refractivity contribution in [1.82, 2.24) is 0 Å². The third-order valence-corrected chi connectivity index (χ3v) is 4.97. The Morgan fingerprint density at radius 2 is 2.00 bits per heavy atom. The van der Waals surface area contributed by atoms with Crippen molar-refractivity contribution in [3.05, 3.63) is 36.4 Å². The van der Waals surface area contributed by atoms with E-state index < -0.39 is 17.6 Å². The number of rotatable bonds is 3. The van der Waals surface area contributed by atoms with Crippen molar-refractivity contribution < 1.29 is 19.1 Å². The number of nitrogens with one attached hydrogen (secondary N) is 1. The predicted molar refractivity (Wildman–Crippen MR) is 98.7 cm³/mol. The summed E-state index contributed by atoms with van der Waals surface area (Å²) in [5, 5.41) is 2.82. The van der Waals surface area contributed by atoms with E-state index in [1.54, 1.807) is 45.0 Å². The van der Waals surface area contributed by atoms with Crippen molar-refractivity contribution in [1.29, 1.82) is 0 Å². The monoisotopic (exact) mass is 356 g/mol. The van der Waals surface area contributed by atoms with Crippen molar-refractivity contribution in [2.24, 2.45) is 5.92 Å². The second-order valence-electron chi connectivity index (χ2n) is 7.26. The number of nitrogens with zero attached hydrogens (tertiary/aromatic N) is 1. The number of hydrogen-bond donors (Lipinski definition) is 1. The standard InChI is InChI=1S/C20H24N2O4/c1-13(26-18(24)14-9-5-4-6-10-14)17(23)22-16-12-8-7-11-15(16)21-19(25)20(22,2)3/h4-5,7-8,11-14H,6,9-10H2,1-3H3,(H,21,25)/t13-,14-/m1/s1. The summed E-state index contributed by atoms with van der Waals surface area (Å²) < 4.78 is 5.45. The van der Waals surface area contributed by atoms with E-state index in [4.69, 9.17) is 4.74 Å². The zero-order valence-corrected chi connectivity index (χ0v) is 15.3. The highest BCUT2D eigenvalue weighted by atomic mass is 16.5. The van der Waals surface area contributed by atoms with E-state index in [9.17, 15) is 14.4 Å². The zero-order chi connectivity index (χ0) is 18.9. The van der Waals surface area contributed by atoms with Crippen LogP contribution in [0.5, 0.6) is 0 Å². The molecule has 0 unspecified atom stereocenters. The summed E-state index contributed by atoms with van der Waals surface area (Å²) in [5.74, 6) is -1.25. The average Bonchev–Trinajstić information content (AvgIpc) is 2.62. The Morgan fingerprint density at radius 3 is 2.69 bits per heavy atom. The molecule has 1 aromatic rings. The van der Waals surface area contributed by atoms with E-state index >= 15 is 0 Å². The Balaban J connectivity index is 1.82. The van der Waals surface area contributed by atoms with Crippen LogP contribution in [0.2, 0.25) is 0 Å². The predicted octanol–water partition coefficient (Wildman–Crippen LogP) is 3.04. The summed E-state index contributed by atoms with van der Waals surface area (Å²) in [6.45, 7) is 4.91. The van der Waals surface area contributed by atoms with Gasteiger partial charge in [0.05, 0.1) is 17.3 Å². The SMILES string of the molecule is C[C@@H](OC(=O)[C@@H]1CC=CCC1)C(=O)N1c2ccccc2NC(=O)C1(C)C. The molecule has 0 radical (unpaired) electrons. The quantitative estimate of drug-likeness (QED) is 0.667. The molecule has 1 aliphatic heterocycles. The number of hydrogen-bond acceptors (Lipinski definition) is 4. The van der Waals surface area contributed by atoms with Crippen LogP contribution in [0.3, 0.4) is 0 Å². The van der Waals surface area contributed by atoms with Gasteiger partial charge in [-0.25, -0.2) is 0 Å². The number of benzene rings is 1. The molecule has 138 valence electrons. The number of ether oxygens (including phenoxy) is 1. The van der Waals surface area contributed by atoms with E-state index in [0.717, 1.165) is 12.8 Å². The van der Waals surface area contributed by atoms with Gasteiger partial charge in [-0.05, 0) is 52.2 Å². The summed E-state index contributed by atoms with van der Waals surface area (Å²) in [6.07, 6.45) is 5.26. The lowest BCUT2D eigenvalue weighted by Gasteiger charge is -2.42. The fourth-order valence-electron chi connectivity index (χ4n) is 3.36. The molecule has 2 atom stereocenters. The van der Waals surface area contributed by atoms with E-state index in [1.807, 2.05) is 12.2 Å². The highest BCUT2D eigenvalue weighted by Gasteiger charge is 2.45. The first-order valence-electron chi connectivity index (χ1n) is 8.92. The molecule has 0 bridgehead atoms. The van der Waals surface area contributed by atoms with Crippen LogP contribution in [-0.4, -0.2) is 29.4 Å². The second-order valence-corrected chi connectivity index (χ2v) is 7.26. The number of carbonyl (C=O) groups excluding carboxylic acids is 3. The Kier molecular flexibility index (Phi) is 4.85. The molecule has 3 rings (SSSR count). The first kappa shape index (κ1) is 18.2. The Hall–Kier alpha value is -2.63. The van der Waals surface area contributed by atoms with Gasteiger partial charge in [0.15, 0.2) is 6.10 Å². The van der Waals surface area contributed by atoms with Crippen molar-refractivity contribution >= 4 is 29.2 Å². The third kappa shape index (κ3) is 3.23. The smallest absolute Gasteiger partial charge is 0.310 e. The van der Waals surface area contributed by atoms with Crippen LogP contribution >= 0.6 is 0 Å². The number of anilines is 2. The van der Waals surface area contributed by atoms with Crippen LogP contribution < -0.4 is 10.2 Å². The lowest BCUT2D eigenvalue weighted by molar-refractivity contribution is -0.158. The maximum atomic E-state index is 13.1. The number of esters is 1. The van der Waals surface area contributed by atoms with Gasteiger partial charge in [-0.3, -0.25) is 19.3 Å². The molecule has 2 aliphatic rings. The van der Waals surface area contributed by atoms with E-state index in [-0.39, 0.29) is 17.8 Å². The molecule has 0 spiro atoms. The minimum Gasteiger partial charge on any atom is -0.452 e. The van der Waals surface area contributed by atoms with Gasteiger partial charge >= 0.3 is 5.97 Å². The van der Waals surface area contributed by atoms with E-state index in [0.29, 0.717) is 17.8 Å². The van der Waals surface area contributed by atoms with Crippen LogP contribution in [0.25, 0.3) is 0 Å². The maximum Gasteiger partial charge on any atom is 0.310 e. The highest BCUT2D eigenvalue weighted by molar-refractivity contribution is 6.15. The molecule has 0 aromatic heterocycles. The molecule has 1 heterocycles. The molecule has 6 heteroatoms. The summed E-state index contributed by atoms with van der Waals surface area (Å²) in [7, 11) is 0. The minimum atomic E-state index is -1.08. The molecule has 2 amide bonds. The van der Waals surface area contributed by atoms with E-state index in [2.05, 4.69) is 5.32 Å². The fraction of sp³-hybridized carbons (Fsp3) is 0.450. The number of carbonyl (C=O) groups is 3. The average molecular weight is 356 g/mol. The number of para-hydroxylation sites is 2. The minimum absolute atomic E-state index is 0.208. The van der Waals surface area contributed by atoms with Crippen LogP contribution in [-0.2, 0) is 19.1 Å². The van der Waals surface area contributed by atoms with Crippen molar-refractivity contribution in [2.75, 3.05) is 10.2 Å². The van der Waals surface area contributed by atoms with Crippen LogP contribution in [0.4, 0.5) is 11.4 Å². The molecule has 1 aromatic carbocycles. The normalized spacial score (nSPS) is 22.2. The van der Waals surface area contributed by atoms with Gasteiger partial charge in [0.25, 0.3) is 5.91 Å². The topological polar surface area (TPSA) is 75.7 Å². The van der Waals surface area contributed by atoms with Crippen LogP contribution in [0.15, 0.2) is 36.4 Å². The first-order chi connectivity index (χ1) is 12.3. The number of fused-ring (bicyclic) bond motifs is 1. The zero-order valence-electron chi connectivity index (χ0n) is 15.3. The summed E-state index contributed by atoms with van der Waals surface area (Å²) >= 11 is 0. The van der Waals surface area contributed by atoms with Gasteiger partial charge in [-0.1, -0.05) is 24.3 Å². The van der Waals surface area contributed by atoms with E-state index in [1.165, 1.54) is 4.90 Å². The molecule has 0 saturated heterocycles. The second kappa shape index (κ2) is 6.94. The lowest BCUT2D eigenvalue weighted by atomic mass is 9.94. The van der Waals surface area contributed by atoms with Gasteiger partial charge < -0.3 is 10.1 Å². The number of allylic oxidation sites excluding steroid dienone is 2. The molecular formula is C20H24N2O4. The summed E-state index contributed by atoms with van der Waals surface area (Å²) in [4.78, 5) is 39.4. The van der Waals surface area contributed by atoms with Gasteiger partial charge in [-0.2, -0.15) is 0 Å². The van der Waals surface area contributed by atoms with Crippen molar-refractivity contribution in [3.8, 4) is 0 Å². The summed E-state index contributed by atoms with van der Waals surface area (Å²) in [5.41, 5.74) is 0.0892. The molecule has 0 saturated carbocycles. The van der Waals surface area contributed by atoms with Crippen LogP contribution in [0.1, 0.15) is 40.0 Å². The largest absolute Gasteiger partial charge is 0.452 e. The molecular weight excluding hydrogens is 332 g/mol. The lowest BCUT2D eigenvalue weighted by Crippen LogP contribution is -2.60.